The van der Waals surface area contributed by atoms with Gasteiger partial charge >= 0.3 is 0 Å². The minimum atomic E-state index is -0.0725. The molecule has 2 bridgehead atoms. The van der Waals surface area contributed by atoms with Gasteiger partial charge in [0.15, 0.2) is 0 Å². The highest BCUT2D eigenvalue weighted by Gasteiger charge is 2.48. The standard InChI is InChI=1S/C10H16N4/c1-2-4-9-6-7-10(12-9,5-3-1)13-14-11-8-9/h8,12H,1-7H2. The Morgan fingerprint density at radius 2 is 1.93 bits per heavy atom. The maximum absolute atomic E-state index is 4.35. The van der Waals surface area contributed by atoms with E-state index in [1.54, 1.807) is 0 Å². The molecule has 14 heavy (non-hydrogen) atoms. The van der Waals surface area contributed by atoms with Gasteiger partial charge in [0.2, 0.25) is 0 Å². The first-order valence-electron chi connectivity index (χ1n) is 5.58. The third-order valence-corrected chi connectivity index (χ3v) is 3.77. The summed E-state index contributed by atoms with van der Waals surface area (Å²) in [6, 6.07) is 0. The van der Waals surface area contributed by atoms with Crippen LogP contribution in [-0.2, 0) is 0 Å². The summed E-state index contributed by atoms with van der Waals surface area (Å²) >= 11 is 0. The van der Waals surface area contributed by atoms with E-state index in [0.717, 1.165) is 12.8 Å². The van der Waals surface area contributed by atoms with Gasteiger partial charge in [-0.3, -0.25) is 5.32 Å². The van der Waals surface area contributed by atoms with Crippen molar-refractivity contribution in [3.8, 4) is 0 Å². The summed E-state index contributed by atoms with van der Waals surface area (Å²) in [5.41, 5.74) is 0.0425. The van der Waals surface area contributed by atoms with Crippen molar-refractivity contribution in [3.05, 3.63) is 0 Å². The van der Waals surface area contributed by atoms with Crippen LogP contribution in [0.1, 0.15) is 44.9 Å². The first kappa shape index (κ1) is 8.53. The molecule has 3 heterocycles. The third kappa shape index (κ3) is 1.21. The van der Waals surface area contributed by atoms with E-state index >= 15 is 0 Å². The van der Waals surface area contributed by atoms with E-state index in [-0.39, 0.29) is 11.2 Å². The molecule has 0 amide bonds. The largest absolute Gasteiger partial charge is 0.281 e. The van der Waals surface area contributed by atoms with Crippen LogP contribution in [0.25, 0.3) is 0 Å². The fourth-order valence-electron chi connectivity index (χ4n) is 2.96. The summed E-state index contributed by atoms with van der Waals surface area (Å²) in [6.07, 6.45) is 10.5. The maximum Gasteiger partial charge on any atom is 0.134 e. The van der Waals surface area contributed by atoms with Crippen LogP contribution >= 0.6 is 0 Å². The molecule has 0 aromatic heterocycles. The van der Waals surface area contributed by atoms with Crippen LogP contribution in [0.4, 0.5) is 0 Å². The van der Waals surface area contributed by atoms with Gasteiger partial charge in [-0.1, -0.05) is 12.8 Å². The van der Waals surface area contributed by atoms with Crippen LogP contribution in [-0.4, -0.2) is 17.4 Å². The summed E-state index contributed by atoms with van der Waals surface area (Å²) in [5, 5.41) is 16.0. The predicted octanol–water partition coefficient (Wildman–Crippen LogP) is 2.22. The molecule has 3 rings (SSSR count). The fourth-order valence-corrected chi connectivity index (χ4v) is 2.96. The first-order valence-corrected chi connectivity index (χ1v) is 5.58. The molecule has 4 heteroatoms. The zero-order valence-electron chi connectivity index (χ0n) is 8.37. The second-order valence-corrected chi connectivity index (χ2v) is 4.81. The molecule has 0 spiro atoms. The van der Waals surface area contributed by atoms with Crippen molar-refractivity contribution in [1.82, 2.24) is 5.32 Å². The molecule has 3 aliphatic heterocycles. The topological polar surface area (TPSA) is 49.1 Å². The molecule has 2 atom stereocenters. The average Bonchev–Trinajstić information content (AvgIpc) is 2.39. The van der Waals surface area contributed by atoms with E-state index in [0.29, 0.717) is 0 Å². The molecule has 1 N–H and O–H groups in total. The van der Waals surface area contributed by atoms with Crippen LogP contribution in [0.2, 0.25) is 0 Å². The summed E-state index contributed by atoms with van der Waals surface area (Å²) < 4.78 is 0. The molecule has 0 saturated carbocycles. The minimum absolute atomic E-state index is 0.0725. The molecular formula is C10H16N4. The smallest absolute Gasteiger partial charge is 0.134 e. The van der Waals surface area contributed by atoms with Gasteiger partial charge < -0.3 is 0 Å². The SMILES string of the molecule is C1=NN=NC23CCCCCC1(CC2)N3. The Labute approximate surface area is 83.9 Å². The van der Waals surface area contributed by atoms with Gasteiger partial charge in [0.05, 0.1) is 5.54 Å². The lowest BCUT2D eigenvalue weighted by molar-refractivity contribution is 0.281. The lowest BCUT2D eigenvalue weighted by Gasteiger charge is -2.31. The Morgan fingerprint density at radius 1 is 1.00 bits per heavy atom. The molecule has 4 nitrogen and oxygen atoms in total. The van der Waals surface area contributed by atoms with E-state index in [2.05, 4.69) is 20.8 Å². The van der Waals surface area contributed by atoms with Crippen molar-refractivity contribution < 1.29 is 0 Å². The van der Waals surface area contributed by atoms with Gasteiger partial charge in [0, 0.05) is 6.21 Å². The van der Waals surface area contributed by atoms with Crippen LogP contribution in [0.15, 0.2) is 15.4 Å². The molecule has 2 saturated heterocycles. The Morgan fingerprint density at radius 3 is 2.93 bits per heavy atom. The first-order chi connectivity index (χ1) is 6.83. The molecule has 2 fully saturated rings. The number of nitrogens with one attached hydrogen (secondary N) is 1. The number of hydrogen-bond donors (Lipinski definition) is 1. The fraction of sp³-hybridized carbons (Fsp3) is 0.900. The van der Waals surface area contributed by atoms with Crippen LogP contribution in [0.3, 0.4) is 0 Å². The van der Waals surface area contributed by atoms with Crippen molar-refractivity contribution in [3.63, 3.8) is 0 Å². The van der Waals surface area contributed by atoms with E-state index < -0.39 is 0 Å². The Kier molecular flexibility index (Phi) is 1.74. The molecule has 3 aliphatic rings. The minimum Gasteiger partial charge on any atom is -0.281 e. The van der Waals surface area contributed by atoms with Crippen molar-refractivity contribution >= 4 is 6.21 Å². The summed E-state index contributed by atoms with van der Waals surface area (Å²) in [7, 11) is 0. The summed E-state index contributed by atoms with van der Waals surface area (Å²) in [5.74, 6) is 0. The maximum atomic E-state index is 4.35. The van der Waals surface area contributed by atoms with Gasteiger partial charge in [-0.15, -0.1) is 10.2 Å². The molecule has 76 valence electrons. The van der Waals surface area contributed by atoms with Crippen molar-refractivity contribution in [2.75, 3.05) is 0 Å². The van der Waals surface area contributed by atoms with Gasteiger partial charge in [-0.25, -0.2) is 0 Å². The Balaban J connectivity index is 1.99. The zero-order valence-corrected chi connectivity index (χ0v) is 8.37. The second-order valence-electron chi connectivity index (χ2n) is 4.81. The van der Waals surface area contributed by atoms with Crippen molar-refractivity contribution in [2.24, 2.45) is 15.4 Å². The summed E-state index contributed by atoms with van der Waals surface area (Å²) in [6.45, 7) is 0. The van der Waals surface area contributed by atoms with Crippen molar-refractivity contribution in [1.29, 1.82) is 0 Å². The van der Waals surface area contributed by atoms with Crippen LogP contribution in [0, 0.1) is 0 Å². The molecule has 0 radical (unpaired) electrons. The van der Waals surface area contributed by atoms with E-state index in [4.69, 9.17) is 0 Å². The molecule has 0 aromatic rings. The highest BCUT2D eigenvalue weighted by molar-refractivity contribution is 5.71. The summed E-state index contributed by atoms with van der Waals surface area (Å²) in [4.78, 5) is 0. The van der Waals surface area contributed by atoms with E-state index in [1.165, 1.54) is 32.1 Å². The van der Waals surface area contributed by atoms with Gasteiger partial charge in [0.1, 0.15) is 5.66 Å². The monoisotopic (exact) mass is 192 g/mol. The van der Waals surface area contributed by atoms with E-state index in [1.807, 2.05) is 6.21 Å². The zero-order chi connectivity index (χ0) is 9.49. The van der Waals surface area contributed by atoms with E-state index in [9.17, 15) is 0 Å². The molecule has 2 unspecified atom stereocenters. The van der Waals surface area contributed by atoms with Crippen LogP contribution < -0.4 is 5.32 Å². The molecule has 0 aromatic carbocycles. The second kappa shape index (κ2) is 2.86. The van der Waals surface area contributed by atoms with Crippen LogP contribution in [0.5, 0.6) is 0 Å². The number of rotatable bonds is 0. The highest BCUT2D eigenvalue weighted by atomic mass is 15.4. The number of nitrogens with zero attached hydrogens (tertiary/aromatic N) is 3. The predicted molar refractivity (Wildman–Crippen MR) is 54.3 cm³/mol. The quantitative estimate of drug-likeness (QED) is 0.628. The normalized spacial score (nSPS) is 45.7. The lowest BCUT2D eigenvalue weighted by Crippen LogP contribution is -2.50. The average molecular weight is 192 g/mol. The van der Waals surface area contributed by atoms with Gasteiger partial charge in [0.25, 0.3) is 0 Å². The van der Waals surface area contributed by atoms with Crippen molar-refractivity contribution in [2.45, 2.75) is 56.1 Å². The van der Waals surface area contributed by atoms with Gasteiger partial charge in [-0.2, -0.15) is 0 Å². The number of hydrogen-bond acceptors (Lipinski definition) is 4. The highest BCUT2D eigenvalue weighted by Crippen LogP contribution is 2.40. The molecule has 0 aliphatic carbocycles. The third-order valence-electron chi connectivity index (χ3n) is 3.77. The Hall–Kier alpha value is -0.770. The molecular weight excluding hydrogens is 176 g/mol. The Bertz CT molecular complexity index is 262. The lowest BCUT2D eigenvalue weighted by atomic mass is 9.92. The van der Waals surface area contributed by atoms with Gasteiger partial charge in [-0.05, 0) is 37.3 Å².